The number of thioether (sulfide) groups is 1. The number of nitrogens with zero attached hydrogens (tertiary/aromatic N) is 2. The molecule has 29 heavy (non-hydrogen) atoms. The molecule has 154 valence electrons. The summed E-state index contributed by atoms with van der Waals surface area (Å²) in [6.07, 6.45) is 9.65. The summed E-state index contributed by atoms with van der Waals surface area (Å²) in [7, 11) is 0. The highest BCUT2D eigenvalue weighted by Gasteiger charge is 2.28. The highest BCUT2D eigenvalue weighted by Crippen LogP contribution is 2.42. The van der Waals surface area contributed by atoms with Crippen molar-refractivity contribution in [2.75, 3.05) is 5.75 Å². The first-order chi connectivity index (χ1) is 14.0. The van der Waals surface area contributed by atoms with Crippen molar-refractivity contribution in [3.05, 3.63) is 52.3 Å². The second kappa shape index (κ2) is 10.3. The molecule has 0 saturated heterocycles. The molecule has 3 heteroatoms. The highest BCUT2D eigenvalue weighted by atomic mass is 32.2. The highest BCUT2D eigenvalue weighted by molar-refractivity contribution is 7.99. The van der Waals surface area contributed by atoms with Gasteiger partial charge in [0, 0.05) is 10.5 Å². The van der Waals surface area contributed by atoms with Gasteiger partial charge < -0.3 is 0 Å². The number of unbranched alkanes of at least 4 members (excludes halogenated alkanes) is 4. The van der Waals surface area contributed by atoms with E-state index in [9.17, 15) is 0 Å². The molecule has 1 aliphatic heterocycles. The monoisotopic (exact) mass is 406 g/mol. The topological polar surface area (TPSA) is 25.8 Å². The second-order valence-electron chi connectivity index (χ2n) is 8.67. The average molecular weight is 407 g/mol. The number of fused-ring (bicyclic) bond motifs is 1. The molecule has 0 saturated carbocycles. The van der Waals surface area contributed by atoms with Crippen LogP contribution in [0.2, 0.25) is 0 Å². The molecule has 0 bridgehead atoms. The lowest BCUT2D eigenvalue weighted by Gasteiger charge is -2.32. The molecule has 1 aliphatic rings. The van der Waals surface area contributed by atoms with Crippen LogP contribution in [0.5, 0.6) is 0 Å². The Bertz CT molecular complexity index is 872. The van der Waals surface area contributed by atoms with Crippen molar-refractivity contribution >= 4 is 11.8 Å². The number of aromatic nitrogens is 2. The van der Waals surface area contributed by atoms with E-state index < -0.39 is 0 Å². The van der Waals surface area contributed by atoms with Gasteiger partial charge in [0.25, 0.3) is 0 Å². The summed E-state index contributed by atoms with van der Waals surface area (Å²) < 4.78 is 0. The van der Waals surface area contributed by atoms with E-state index in [-0.39, 0.29) is 5.41 Å². The zero-order valence-corrected chi connectivity index (χ0v) is 19.3. The van der Waals surface area contributed by atoms with Gasteiger partial charge in [0.15, 0.2) is 0 Å². The summed E-state index contributed by atoms with van der Waals surface area (Å²) in [5.41, 5.74) is 5.98. The Kier molecular flexibility index (Phi) is 7.78. The molecule has 0 radical (unpaired) electrons. The van der Waals surface area contributed by atoms with E-state index in [2.05, 4.69) is 67.9 Å². The molecule has 0 atom stereocenters. The fourth-order valence-corrected chi connectivity index (χ4v) is 5.38. The first-order valence-electron chi connectivity index (χ1n) is 11.2. The molecule has 0 unspecified atom stereocenters. The summed E-state index contributed by atoms with van der Waals surface area (Å²) >= 11 is 1.99. The SMILES string of the molecule is CCCCCCCc1ccc(C#Cc2cc3c(cc2CC)SCCC3(C)C)nn1. The van der Waals surface area contributed by atoms with Crippen LogP contribution in [0.4, 0.5) is 0 Å². The van der Waals surface area contributed by atoms with Crippen LogP contribution in [0, 0.1) is 11.8 Å². The summed E-state index contributed by atoms with van der Waals surface area (Å²) in [4.78, 5) is 1.44. The van der Waals surface area contributed by atoms with Crippen molar-refractivity contribution in [2.45, 2.75) is 89.4 Å². The molecular formula is C26H34N2S. The van der Waals surface area contributed by atoms with E-state index in [4.69, 9.17) is 0 Å². The fourth-order valence-electron chi connectivity index (χ4n) is 3.83. The lowest BCUT2D eigenvalue weighted by atomic mass is 9.80. The molecule has 2 nitrogen and oxygen atoms in total. The predicted molar refractivity (Wildman–Crippen MR) is 125 cm³/mol. The molecule has 3 rings (SSSR count). The second-order valence-corrected chi connectivity index (χ2v) is 9.80. The Morgan fingerprint density at radius 2 is 1.83 bits per heavy atom. The van der Waals surface area contributed by atoms with Gasteiger partial charge in [-0.25, -0.2) is 0 Å². The largest absolute Gasteiger partial charge is 0.154 e. The summed E-state index contributed by atoms with van der Waals surface area (Å²) in [6, 6.07) is 8.79. The van der Waals surface area contributed by atoms with Gasteiger partial charge in [-0.2, -0.15) is 5.10 Å². The normalized spacial score (nSPS) is 14.8. The minimum Gasteiger partial charge on any atom is -0.154 e. The third-order valence-electron chi connectivity index (χ3n) is 5.88. The Labute approximate surface area is 181 Å². The van der Waals surface area contributed by atoms with E-state index >= 15 is 0 Å². The molecule has 0 aliphatic carbocycles. The van der Waals surface area contributed by atoms with Crippen LogP contribution >= 0.6 is 11.8 Å². The smallest absolute Gasteiger partial charge is 0.136 e. The molecule has 0 N–H and O–H groups in total. The molecule has 2 heterocycles. The van der Waals surface area contributed by atoms with Gasteiger partial charge >= 0.3 is 0 Å². The molecule has 1 aromatic heterocycles. The summed E-state index contributed by atoms with van der Waals surface area (Å²) in [5.74, 6) is 7.85. The maximum atomic E-state index is 4.39. The lowest BCUT2D eigenvalue weighted by Crippen LogP contribution is -2.23. The van der Waals surface area contributed by atoms with Crippen LogP contribution in [0.1, 0.15) is 94.3 Å². The van der Waals surface area contributed by atoms with Crippen LogP contribution in [0.15, 0.2) is 29.2 Å². The van der Waals surface area contributed by atoms with Crippen LogP contribution < -0.4 is 0 Å². The lowest BCUT2D eigenvalue weighted by molar-refractivity contribution is 0.493. The minimum absolute atomic E-state index is 0.224. The molecule has 1 aromatic carbocycles. The van der Waals surface area contributed by atoms with Crippen molar-refractivity contribution in [3.8, 4) is 11.8 Å². The molecule has 0 fully saturated rings. The van der Waals surface area contributed by atoms with E-state index in [0.29, 0.717) is 0 Å². The van der Waals surface area contributed by atoms with Crippen molar-refractivity contribution in [1.29, 1.82) is 0 Å². The Hall–Kier alpha value is -1.79. The van der Waals surface area contributed by atoms with Crippen molar-refractivity contribution < 1.29 is 0 Å². The van der Waals surface area contributed by atoms with Crippen LogP contribution in [0.25, 0.3) is 0 Å². The van der Waals surface area contributed by atoms with Gasteiger partial charge in [0.2, 0.25) is 0 Å². The number of hydrogen-bond donors (Lipinski definition) is 0. The average Bonchev–Trinajstić information content (AvgIpc) is 2.72. The van der Waals surface area contributed by atoms with Crippen molar-refractivity contribution in [2.24, 2.45) is 0 Å². The number of aryl methyl sites for hydroxylation is 2. The quantitative estimate of drug-likeness (QED) is 0.377. The first kappa shape index (κ1) is 21.9. The predicted octanol–water partition coefficient (Wildman–Crippen LogP) is 6.73. The third-order valence-corrected chi connectivity index (χ3v) is 6.94. The van der Waals surface area contributed by atoms with Crippen LogP contribution in [-0.4, -0.2) is 16.0 Å². The summed E-state index contributed by atoms with van der Waals surface area (Å²) in [6.45, 7) is 9.15. The van der Waals surface area contributed by atoms with E-state index in [0.717, 1.165) is 29.8 Å². The minimum atomic E-state index is 0.224. The van der Waals surface area contributed by atoms with E-state index in [1.54, 1.807) is 0 Å². The van der Waals surface area contributed by atoms with E-state index in [1.807, 2.05) is 17.8 Å². The third kappa shape index (κ3) is 5.86. The Morgan fingerprint density at radius 3 is 2.55 bits per heavy atom. The Morgan fingerprint density at radius 1 is 1.00 bits per heavy atom. The van der Waals surface area contributed by atoms with Crippen LogP contribution in [-0.2, 0) is 18.3 Å². The zero-order chi connectivity index (χ0) is 20.7. The molecule has 0 spiro atoms. The molecule has 2 aromatic rings. The van der Waals surface area contributed by atoms with Gasteiger partial charge in [-0.05, 0) is 78.2 Å². The first-order valence-corrected chi connectivity index (χ1v) is 12.2. The van der Waals surface area contributed by atoms with Gasteiger partial charge in [0.05, 0.1) is 5.69 Å². The Balaban J connectivity index is 1.72. The van der Waals surface area contributed by atoms with Gasteiger partial charge in [-0.3, -0.25) is 0 Å². The standard InChI is InChI=1S/C26H34N2S/c1-5-7-8-9-10-11-22-14-15-23(28-27-22)13-12-21-18-24-25(19-20(21)6-2)29-17-16-26(24,3)4/h14-15,18-19H,5-11,16-17H2,1-4H3. The molecule has 0 amide bonds. The van der Waals surface area contributed by atoms with Gasteiger partial charge in [0.1, 0.15) is 5.69 Å². The van der Waals surface area contributed by atoms with Crippen molar-refractivity contribution in [3.63, 3.8) is 0 Å². The summed E-state index contributed by atoms with van der Waals surface area (Å²) in [5, 5.41) is 8.74. The van der Waals surface area contributed by atoms with E-state index in [1.165, 1.54) is 60.3 Å². The van der Waals surface area contributed by atoms with Crippen LogP contribution in [0.3, 0.4) is 0 Å². The number of benzene rings is 1. The number of hydrogen-bond acceptors (Lipinski definition) is 3. The maximum Gasteiger partial charge on any atom is 0.136 e. The van der Waals surface area contributed by atoms with Crippen molar-refractivity contribution in [1.82, 2.24) is 10.2 Å². The zero-order valence-electron chi connectivity index (χ0n) is 18.5. The number of rotatable bonds is 7. The fraction of sp³-hybridized carbons (Fsp3) is 0.538. The maximum absolute atomic E-state index is 4.39. The van der Waals surface area contributed by atoms with Gasteiger partial charge in [-0.15, -0.1) is 16.9 Å². The molecular weight excluding hydrogens is 372 g/mol. The van der Waals surface area contributed by atoms with Gasteiger partial charge in [-0.1, -0.05) is 59.3 Å².